The van der Waals surface area contributed by atoms with Gasteiger partial charge in [-0.15, -0.1) is 0 Å². The second kappa shape index (κ2) is 7.60. The van der Waals surface area contributed by atoms with Crippen molar-refractivity contribution in [2.75, 3.05) is 19.5 Å². The summed E-state index contributed by atoms with van der Waals surface area (Å²) in [5.41, 5.74) is 1.59. The van der Waals surface area contributed by atoms with E-state index in [0.717, 1.165) is 5.69 Å². The quantitative estimate of drug-likeness (QED) is 0.539. The van der Waals surface area contributed by atoms with E-state index in [-0.39, 0.29) is 5.75 Å². The first-order valence-electron chi connectivity index (χ1n) is 7.93. The Labute approximate surface area is 151 Å². The number of ether oxygens (including phenoxy) is 3. The van der Waals surface area contributed by atoms with E-state index < -0.39 is 5.97 Å². The second-order valence-electron chi connectivity index (χ2n) is 5.40. The van der Waals surface area contributed by atoms with Crippen molar-refractivity contribution in [1.29, 1.82) is 0 Å². The molecule has 3 aromatic rings. The maximum atomic E-state index is 11.2. The number of rotatable bonds is 6. The molecule has 3 rings (SSSR count). The normalized spacial score (nSPS) is 10.3. The molecule has 0 fully saturated rings. The maximum Gasteiger partial charge on any atom is 0.308 e. The molecule has 26 heavy (non-hydrogen) atoms. The van der Waals surface area contributed by atoms with E-state index in [2.05, 4.69) is 10.4 Å². The number of benzene rings is 2. The van der Waals surface area contributed by atoms with Gasteiger partial charge in [-0.2, -0.15) is 5.10 Å². The molecule has 1 aromatic heterocycles. The molecule has 7 heteroatoms. The van der Waals surface area contributed by atoms with Crippen LogP contribution in [0.1, 0.15) is 6.92 Å². The van der Waals surface area contributed by atoms with Crippen molar-refractivity contribution in [3.63, 3.8) is 0 Å². The summed E-state index contributed by atoms with van der Waals surface area (Å²) in [7, 11) is 3.04. The molecule has 0 saturated carbocycles. The first kappa shape index (κ1) is 17.3. The van der Waals surface area contributed by atoms with Gasteiger partial charge in [-0.25, -0.2) is 4.68 Å². The summed E-state index contributed by atoms with van der Waals surface area (Å²) in [5.74, 6) is 1.39. The van der Waals surface area contributed by atoms with Crippen LogP contribution in [-0.4, -0.2) is 30.0 Å². The Hall–Kier alpha value is -3.48. The summed E-state index contributed by atoms with van der Waals surface area (Å²) >= 11 is 0. The summed E-state index contributed by atoms with van der Waals surface area (Å²) in [5, 5.41) is 7.69. The third-order valence-corrected chi connectivity index (χ3v) is 3.61. The Morgan fingerprint density at radius 3 is 2.38 bits per heavy atom. The van der Waals surface area contributed by atoms with Crippen LogP contribution in [0.5, 0.6) is 17.2 Å². The first-order valence-corrected chi connectivity index (χ1v) is 7.93. The molecule has 0 spiro atoms. The molecule has 1 N–H and O–H groups in total. The third kappa shape index (κ3) is 3.77. The van der Waals surface area contributed by atoms with Crippen LogP contribution in [0.25, 0.3) is 5.69 Å². The van der Waals surface area contributed by atoms with Gasteiger partial charge in [0.15, 0.2) is 17.3 Å². The molecule has 0 saturated heterocycles. The average molecular weight is 353 g/mol. The Kier molecular flexibility index (Phi) is 5.07. The third-order valence-electron chi connectivity index (χ3n) is 3.61. The fourth-order valence-electron chi connectivity index (χ4n) is 2.46. The van der Waals surface area contributed by atoms with Gasteiger partial charge in [0.1, 0.15) is 5.75 Å². The number of para-hydroxylation sites is 1. The topological polar surface area (TPSA) is 74.6 Å². The highest BCUT2D eigenvalue weighted by Crippen LogP contribution is 2.39. The zero-order chi connectivity index (χ0) is 18.5. The molecule has 0 amide bonds. The summed E-state index contributed by atoms with van der Waals surface area (Å²) < 4.78 is 17.6. The van der Waals surface area contributed by atoms with Crippen LogP contribution in [0.4, 0.5) is 11.5 Å². The van der Waals surface area contributed by atoms with E-state index in [1.54, 1.807) is 16.8 Å². The molecule has 0 bridgehead atoms. The smallest absolute Gasteiger partial charge is 0.308 e. The van der Waals surface area contributed by atoms with Crippen molar-refractivity contribution in [1.82, 2.24) is 9.78 Å². The molecule has 0 aliphatic rings. The summed E-state index contributed by atoms with van der Waals surface area (Å²) in [6.07, 6.45) is 1.86. The standard InChI is InChI=1S/C19H19N3O4/c1-13(23)26-18-12-16(24-2)15(11-17(18)25-3)20-19-9-10-22(21-19)14-7-5-4-6-8-14/h4-12H,1-3H3,(H,20,21). The number of aromatic nitrogens is 2. The van der Waals surface area contributed by atoms with Crippen LogP contribution in [0, 0.1) is 0 Å². The van der Waals surface area contributed by atoms with Crippen LogP contribution in [0.3, 0.4) is 0 Å². The molecule has 0 aliphatic heterocycles. The van der Waals surface area contributed by atoms with E-state index in [1.165, 1.54) is 21.1 Å². The lowest BCUT2D eigenvalue weighted by Gasteiger charge is -2.14. The van der Waals surface area contributed by atoms with E-state index in [4.69, 9.17) is 14.2 Å². The first-order chi connectivity index (χ1) is 12.6. The number of anilines is 2. The minimum atomic E-state index is -0.437. The predicted molar refractivity (Wildman–Crippen MR) is 97.7 cm³/mol. The Morgan fingerprint density at radius 2 is 1.73 bits per heavy atom. The van der Waals surface area contributed by atoms with Gasteiger partial charge in [0.25, 0.3) is 0 Å². The lowest BCUT2D eigenvalue weighted by molar-refractivity contribution is -0.132. The van der Waals surface area contributed by atoms with Crippen molar-refractivity contribution in [2.24, 2.45) is 0 Å². The van der Waals surface area contributed by atoms with Crippen LogP contribution in [0.15, 0.2) is 54.7 Å². The molecular weight excluding hydrogens is 334 g/mol. The average Bonchev–Trinajstić information content (AvgIpc) is 3.11. The van der Waals surface area contributed by atoms with Crippen LogP contribution in [-0.2, 0) is 4.79 Å². The van der Waals surface area contributed by atoms with Crippen LogP contribution < -0.4 is 19.5 Å². The number of carbonyl (C=O) groups is 1. The molecule has 7 nitrogen and oxygen atoms in total. The van der Waals surface area contributed by atoms with Crippen molar-refractivity contribution in [2.45, 2.75) is 6.92 Å². The van der Waals surface area contributed by atoms with Gasteiger partial charge in [-0.05, 0) is 12.1 Å². The van der Waals surface area contributed by atoms with Gasteiger partial charge in [-0.1, -0.05) is 18.2 Å². The van der Waals surface area contributed by atoms with Gasteiger partial charge in [0.05, 0.1) is 25.6 Å². The Morgan fingerprint density at radius 1 is 1.00 bits per heavy atom. The fourth-order valence-corrected chi connectivity index (χ4v) is 2.46. The van der Waals surface area contributed by atoms with Crippen molar-refractivity contribution < 1.29 is 19.0 Å². The SMILES string of the molecule is COc1cc(OC(C)=O)c(OC)cc1Nc1ccn(-c2ccccc2)n1. The summed E-state index contributed by atoms with van der Waals surface area (Å²) in [6.45, 7) is 1.33. The van der Waals surface area contributed by atoms with Gasteiger partial charge in [-0.3, -0.25) is 4.79 Å². The molecule has 1 heterocycles. The van der Waals surface area contributed by atoms with E-state index in [0.29, 0.717) is 23.0 Å². The zero-order valence-electron chi connectivity index (χ0n) is 14.7. The minimum absolute atomic E-state index is 0.289. The highest BCUT2D eigenvalue weighted by atomic mass is 16.6. The minimum Gasteiger partial charge on any atom is -0.494 e. The molecule has 0 atom stereocenters. The summed E-state index contributed by atoms with van der Waals surface area (Å²) in [4.78, 5) is 11.2. The molecule has 0 radical (unpaired) electrons. The largest absolute Gasteiger partial charge is 0.494 e. The van der Waals surface area contributed by atoms with Crippen molar-refractivity contribution in [3.05, 3.63) is 54.7 Å². The van der Waals surface area contributed by atoms with E-state index in [9.17, 15) is 4.79 Å². The molecular formula is C19H19N3O4. The number of nitrogens with one attached hydrogen (secondary N) is 1. The molecule has 2 aromatic carbocycles. The predicted octanol–water partition coefficient (Wildman–Crippen LogP) is 3.56. The van der Waals surface area contributed by atoms with E-state index in [1.807, 2.05) is 42.6 Å². The number of hydrogen-bond acceptors (Lipinski definition) is 6. The highest BCUT2D eigenvalue weighted by molar-refractivity contribution is 5.74. The number of nitrogens with zero attached hydrogens (tertiary/aromatic N) is 2. The zero-order valence-corrected chi connectivity index (χ0v) is 14.7. The number of esters is 1. The van der Waals surface area contributed by atoms with Crippen molar-refractivity contribution >= 4 is 17.5 Å². The monoisotopic (exact) mass is 353 g/mol. The second-order valence-corrected chi connectivity index (χ2v) is 5.40. The van der Waals surface area contributed by atoms with E-state index >= 15 is 0 Å². The number of hydrogen-bond donors (Lipinski definition) is 1. The lowest BCUT2D eigenvalue weighted by atomic mass is 10.2. The van der Waals surface area contributed by atoms with Gasteiger partial charge in [0.2, 0.25) is 0 Å². The van der Waals surface area contributed by atoms with Crippen LogP contribution in [0.2, 0.25) is 0 Å². The van der Waals surface area contributed by atoms with Gasteiger partial charge >= 0.3 is 5.97 Å². The number of methoxy groups -OCH3 is 2. The fraction of sp³-hybridized carbons (Fsp3) is 0.158. The maximum absolute atomic E-state index is 11.2. The van der Waals surface area contributed by atoms with Gasteiger partial charge < -0.3 is 19.5 Å². The lowest BCUT2D eigenvalue weighted by Crippen LogP contribution is -2.05. The Balaban J connectivity index is 1.90. The molecule has 134 valence electrons. The van der Waals surface area contributed by atoms with Gasteiger partial charge in [0, 0.05) is 31.3 Å². The number of carbonyl (C=O) groups excluding carboxylic acids is 1. The Bertz CT molecular complexity index is 906. The highest BCUT2D eigenvalue weighted by Gasteiger charge is 2.15. The molecule has 0 aliphatic carbocycles. The van der Waals surface area contributed by atoms with Crippen LogP contribution >= 0.6 is 0 Å². The summed E-state index contributed by atoms with van der Waals surface area (Å²) in [6, 6.07) is 14.9. The van der Waals surface area contributed by atoms with Crippen molar-refractivity contribution in [3.8, 4) is 22.9 Å². The molecule has 0 unspecified atom stereocenters.